The first-order valence-electron chi connectivity index (χ1n) is 9.04. The average Bonchev–Trinajstić information content (AvgIpc) is 2.62. The number of likely N-dealkylation sites (N-methyl/N-ethyl adjacent to an activating group) is 1. The summed E-state index contributed by atoms with van der Waals surface area (Å²) in [7, 11) is 2.17. The molecule has 0 bridgehead atoms. The van der Waals surface area contributed by atoms with E-state index in [9.17, 15) is 4.79 Å². The second kappa shape index (κ2) is 8.60. The Balaban J connectivity index is 1.94. The number of rotatable bonds is 7. The van der Waals surface area contributed by atoms with Crippen LogP contribution in [0.1, 0.15) is 42.6 Å². The minimum absolute atomic E-state index is 0.0321. The molecule has 3 N–H and O–H groups in total. The molecule has 1 heterocycles. The fourth-order valence-corrected chi connectivity index (χ4v) is 3.11. The van der Waals surface area contributed by atoms with Crippen molar-refractivity contribution in [2.45, 2.75) is 38.8 Å². The lowest BCUT2D eigenvalue weighted by atomic mass is 9.92. The Morgan fingerprint density at radius 2 is 1.71 bits per heavy atom. The number of nitrogens with zero attached hydrogens (tertiary/aromatic N) is 2. The van der Waals surface area contributed by atoms with Crippen LogP contribution in [0.4, 0.5) is 0 Å². The van der Waals surface area contributed by atoms with Gasteiger partial charge in [-0.3, -0.25) is 9.69 Å². The SMILES string of the molecule is CCC(CC)(CN)NC(=O)c1ccc(CN2CCN(C)CC2)cc1. The minimum Gasteiger partial charge on any atom is -0.345 e. The van der Waals surface area contributed by atoms with Crippen LogP contribution in [0.25, 0.3) is 0 Å². The smallest absolute Gasteiger partial charge is 0.251 e. The van der Waals surface area contributed by atoms with Gasteiger partial charge in [0.2, 0.25) is 0 Å². The van der Waals surface area contributed by atoms with E-state index < -0.39 is 0 Å². The maximum Gasteiger partial charge on any atom is 0.251 e. The molecule has 24 heavy (non-hydrogen) atoms. The highest BCUT2D eigenvalue weighted by atomic mass is 16.1. The second-order valence-electron chi connectivity index (χ2n) is 6.92. The van der Waals surface area contributed by atoms with Crippen molar-refractivity contribution in [1.82, 2.24) is 15.1 Å². The normalized spacial score (nSPS) is 17.0. The molecule has 0 atom stereocenters. The zero-order valence-corrected chi connectivity index (χ0v) is 15.3. The predicted molar refractivity (Wildman–Crippen MR) is 99.0 cm³/mol. The number of amides is 1. The van der Waals surface area contributed by atoms with Crippen LogP contribution >= 0.6 is 0 Å². The van der Waals surface area contributed by atoms with Gasteiger partial charge in [-0.25, -0.2) is 0 Å². The number of piperazine rings is 1. The van der Waals surface area contributed by atoms with Crippen molar-refractivity contribution in [3.05, 3.63) is 35.4 Å². The molecule has 1 aromatic carbocycles. The first-order valence-corrected chi connectivity index (χ1v) is 9.04. The van der Waals surface area contributed by atoms with Crippen LogP contribution in [-0.4, -0.2) is 61.0 Å². The molecule has 0 saturated carbocycles. The highest BCUT2D eigenvalue weighted by Gasteiger charge is 2.26. The lowest BCUT2D eigenvalue weighted by Crippen LogP contribution is -2.52. The number of hydrogen-bond acceptors (Lipinski definition) is 4. The van der Waals surface area contributed by atoms with Crippen molar-refractivity contribution in [3.63, 3.8) is 0 Å². The van der Waals surface area contributed by atoms with Gasteiger partial charge in [0, 0.05) is 44.8 Å². The Kier molecular flexibility index (Phi) is 6.78. The standard InChI is InChI=1S/C19H32N4O/c1-4-19(5-2,15-20)21-18(24)17-8-6-16(7-9-17)14-23-12-10-22(3)11-13-23/h6-9H,4-5,10-15,20H2,1-3H3,(H,21,24). The van der Waals surface area contributed by atoms with Crippen molar-refractivity contribution in [3.8, 4) is 0 Å². The fourth-order valence-electron chi connectivity index (χ4n) is 3.11. The van der Waals surface area contributed by atoms with E-state index in [4.69, 9.17) is 5.73 Å². The van der Waals surface area contributed by atoms with E-state index in [2.05, 4.69) is 48.1 Å². The van der Waals surface area contributed by atoms with Gasteiger partial charge < -0.3 is 16.0 Å². The second-order valence-corrected chi connectivity index (χ2v) is 6.92. The highest BCUT2D eigenvalue weighted by Crippen LogP contribution is 2.15. The molecule has 1 aromatic rings. The van der Waals surface area contributed by atoms with Crippen molar-refractivity contribution in [2.75, 3.05) is 39.8 Å². The summed E-state index contributed by atoms with van der Waals surface area (Å²) in [5.74, 6) is -0.0321. The molecule has 0 spiro atoms. The van der Waals surface area contributed by atoms with Crippen molar-refractivity contribution in [2.24, 2.45) is 5.73 Å². The van der Waals surface area contributed by atoms with Gasteiger partial charge in [-0.2, -0.15) is 0 Å². The predicted octanol–water partition coefficient (Wildman–Crippen LogP) is 1.68. The Labute approximate surface area is 146 Å². The summed E-state index contributed by atoms with van der Waals surface area (Å²) in [4.78, 5) is 17.3. The molecule has 0 aliphatic carbocycles. The summed E-state index contributed by atoms with van der Waals surface area (Å²) in [6.07, 6.45) is 1.68. The minimum atomic E-state index is -0.296. The van der Waals surface area contributed by atoms with Gasteiger partial charge >= 0.3 is 0 Å². The van der Waals surface area contributed by atoms with Gasteiger partial charge in [-0.05, 0) is 37.6 Å². The Morgan fingerprint density at radius 1 is 1.12 bits per heavy atom. The lowest BCUT2D eigenvalue weighted by molar-refractivity contribution is 0.0895. The molecule has 134 valence electrons. The Hall–Kier alpha value is -1.43. The largest absolute Gasteiger partial charge is 0.345 e. The maximum atomic E-state index is 12.5. The quantitative estimate of drug-likeness (QED) is 0.797. The van der Waals surface area contributed by atoms with E-state index >= 15 is 0 Å². The third-order valence-electron chi connectivity index (χ3n) is 5.34. The van der Waals surface area contributed by atoms with Gasteiger partial charge in [0.1, 0.15) is 0 Å². The summed E-state index contributed by atoms with van der Waals surface area (Å²) in [6, 6.07) is 7.98. The fraction of sp³-hybridized carbons (Fsp3) is 0.632. The lowest BCUT2D eigenvalue weighted by Gasteiger charge is -2.32. The number of nitrogens with two attached hydrogens (primary N) is 1. The van der Waals surface area contributed by atoms with Crippen molar-refractivity contribution < 1.29 is 4.79 Å². The third-order valence-corrected chi connectivity index (χ3v) is 5.34. The molecule has 0 aromatic heterocycles. The van der Waals surface area contributed by atoms with Gasteiger partial charge in [-0.1, -0.05) is 26.0 Å². The molecule has 1 aliphatic heterocycles. The molecular formula is C19H32N4O. The van der Waals surface area contributed by atoms with Crippen LogP contribution in [0.3, 0.4) is 0 Å². The van der Waals surface area contributed by atoms with Crippen LogP contribution in [0.5, 0.6) is 0 Å². The molecule has 1 amide bonds. The summed E-state index contributed by atoms with van der Waals surface area (Å²) < 4.78 is 0. The van der Waals surface area contributed by atoms with E-state index in [-0.39, 0.29) is 11.4 Å². The average molecular weight is 332 g/mol. The van der Waals surface area contributed by atoms with E-state index in [0.717, 1.165) is 45.6 Å². The monoisotopic (exact) mass is 332 g/mol. The molecule has 5 heteroatoms. The summed E-state index contributed by atoms with van der Waals surface area (Å²) in [6.45, 7) is 9.99. The van der Waals surface area contributed by atoms with Crippen LogP contribution in [0.2, 0.25) is 0 Å². The number of nitrogens with one attached hydrogen (secondary N) is 1. The summed E-state index contributed by atoms with van der Waals surface area (Å²) in [5, 5.41) is 3.12. The molecule has 0 radical (unpaired) electrons. The summed E-state index contributed by atoms with van der Waals surface area (Å²) >= 11 is 0. The first-order chi connectivity index (χ1) is 11.5. The van der Waals surface area contributed by atoms with E-state index in [1.165, 1.54) is 5.56 Å². The van der Waals surface area contributed by atoms with Crippen LogP contribution < -0.4 is 11.1 Å². The number of carbonyl (C=O) groups excluding carboxylic acids is 1. The van der Waals surface area contributed by atoms with Gasteiger partial charge in [0.25, 0.3) is 5.91 Å². The third kappa shape index (κ3) is 4.79. The Morgan fingerprint density at radius 3 is 2.21 bits per heavy atom. The van der Waals surface area contributed by atoms with Crippen molar-refractivity contribution in [1.29, 1.82) is 0 Å². The van der Waals surface area contributed by atoms with Crippen molar-refractivity contribution >= 4 is 5.91 Å². The molecule has 5 nitrogen and oxygen atoms in total. The van der Waals surface area contributed by atoms with Gasteiger partial charge in [0.05, 0.1) is 5.54 Å². The van der Waals surface area contributed by atoms with Gasteiger partial charge in [0.15, 0.2) is 0 Å². The number of benzene rings is 1. The highest BCUT2D eigenvalue weighted by molar-refractivity contribution is 5.94. The molecular weight excluding hydrogens is 300 g/mol. The van der Waals surface area contributed by atoms with Crippen LogP contribution in [0, 0.1) is 0 Å². The van der Waals surface area contributed by atoms with E-state index in [1.807, 2.05) is 12.1 Å². The number of carbonyl (C=O) groups is 1. The summed E-state index contributed by atoms with van der Waals surface area (Å²) in [5.41, 5.74) is 7.54. The van der Waals surface area contributed by atoms with Crippen LogP contribution in [0.15, 0.2) is 24.3 Å². The topological polar surface area (TPSA) is 61.6 Å². The maximum absolute atomic E-state index is 12.5. The molecule has 2 rings (SSSR count). The molecule has 1 fully saturated rings. The zero-order chi connectivity index (χ0) is 17.6. The first kappa shape index (κ1) is 18.9. The van der Waals surface area contributed by atoms with E-state index in [1.54, 1.807) is 0 Å². The van der Waals surface area contributed by atoms with Crippen LogP contribution in [-0.2, 0) is 6.54 Å². The molecule has 0 unspecified atom stereocenters. The Bertz CT molecular complexity index is 508. The zero-order valence-electron chi connectivity index (χ0n) is 15.3. The molecule has 1 saturated heterocycles. The van der Waals surface area contributed by atoms with E-state index in [0.29, 0.717) is 12.1 Å². The van der Waals surface area contributed by atoms with Gasteiger partial charge in [-0.15, -0.1) is 0 Å². The molecule has 1 aliphatic rings. The number of hydrogen-bond donors (Lipinski definition) is 2.